The van der Waals surface area contributed by atoms with E-state index < -0.39 is 0 Å². The van der Waals surface area contributed by atoms with Crippen LogP contribution in [0, 0.1) is 29.6 Å². The summed E-state index contributed by atoms with van der Waals surface area (Å²) in [5.41, 5.74) is 7.24. The van der Waals surface area contributed by atoms with E-state index >= 15 is 0 Å². The number of amides is 1. The molecular weight excluding hydrogens is 268 g/mol. The zero-order chi connectivity index (χ0) is 13.9. The number of rotatable bonds is 3. The Balaban J connectivity index is 1.42. The number of thiocarbonyl (C=S) groups is 1. The maximum atomic E-state index is 12.4. The van der Waals surface area contributed by atoms with Crippen molar-refractivity contribution >= 4 is 28.8 Å². The van der Waals surface area contributed by atoms with Gasteiger partial charge in [-0.15, -0.1) is 0 Å². The molecule has 0 aliphatic heterocycles. The Hall–Kier alpha value is -1.42. The molecule has 1 aromatic carbocycles. The van der Waals surface area contributed by atoms with E-state index in [-0.39, 0.29) is 11.8 Å². The minimum atomic E-state index is 0.208. The van der Waals surface area contributed by atoms with E-state index in [1.165, 1.54) is 19.3 Å². The molecule has 3 fully saturated rings. The van der Waals surface area contributed by atoms with Crippen LogP contribution in [0.2, 0.25) is 0 Å². The Kier molecular flexibility index (Phi) is 2.64. The number of nitrogens with two attached hydrogens (primary N) is 1. The van der Waals surface area contributed by atoms with E-state index in [1.54, 1.807) is 0 Å². The van der Waals surface area contributed by atoms with Crippen molar-refractivity contribution in [3.63, 3.8) is 0 Å². The molecule has 3 saturated carbocycles. The summed E-state index contributed by atoms with van der Waals surface area (Å²) in [7, 11) is 0. The minimum absolute atomic E-state index is 0.208. The normalized spacial score (nSPS) is 36.5. The molecule has 2 bridgehead atoms. The Bertz CT molecular complexity index is 567. The molecule has 3 N–H and O–H groups in total. The molecule has 4 heteroatoms. The Morgan fingerprint density at radius 2 is 1.75 bits per heavy atom. The third kappa shape index (κ3) is 1.78. The van der Waals surface area contributed by atoms with Crippen molar-refractivity contribution in [1.82, 2.24) is 0 Å². The first-order valence-electron chi connectivity index (χ1n) is 7.36. The van der Waals surface area contributed by atoms with Crippen LogP contribution < -0.4 is 11.1 Å². The van der Waals surface area contributed by atoms with Crippen LogP contribution >= 0.6 is 12.2 Å². The van der Waals surface area contributed by atoms with Gasteiger partial charge in [0.1, 0.15) is 4.99 Å². The third-order valence-corrected chi connectivity index (χ3v) is 5.71. The van der Waals surface area contributed by atoms with Gasteiger partial charge in [-0.05, 0) is 67.2 Å². The number of hydrogen-bond acceptors (Lipinski definition) is 2. The van der Waals surface area contributed by atoms with Gasteiger partial charge in [0.25, 0.3) is 0 Å². The largest absolute Gasteiger partial charge is 0.389 e. The van der Waals surface area contributed by atoms with E-state index in [9.17, 15) is 4.79 Å². The van der Waals surface area contributed by atoms with Crippen molar-refractivity contribution in [2.75, 3.05) is 5.32 Å². The molecule has 0 saturated heterocycles. The SMILES string of the molecule is NC(=S)c1ccc(NC(=O)C2C3C4CCC(C4)C23)cc1. The maximum Gasteiger partial charge on any atom is 0.228 e. The van der Waals surface area contributed by atoms with Gasteiger partial charge in [0.15, 0.2) is 0 Å². The number of carbonyl (C=O) groups is 1. The lowest BCUT2D eigenvalue weighted by Gasteiger charge is -2.10. The molecule has 0 aromatic heterocycles. The molecule has 3 aliphatic carbocycles. The Morgan fingerprint density at radius 3 is 2.30 bits per heavy atom. The van der Waals surface area contributed by atoms with Crippen LogP contribution in [-0.4, -0.2) is 10.9 Å². The van der Waals surface area contributed by atoms with Gasteiger partial charge in [-0.3, -0.25) is 4.79 Å². The van der Waals surface area contributed by atoms with Gasteiger partial charge in [-0.2, -0.15) is 0 Å². The smallest absolute Gasteiger partial charge is 0.228 e. The summed E-state index contributed by atoms with van der Waals surface area (Å²) in [6, 6.07) is 7.46. The highest BCUT2D eigenvalue weighted by molar-refractivity contribution is 7.80. The molecule has 1 aromatic rings. The molecule has 0 heterocycles. The standard InChI is InChI=1S/C16H18N2OS/c17-15(20)8-3-5-11(6-4-8)18-16(19)14-12-9-1-2-10(7-9)13(12)14/h3-6,9-10,12-14H,1-2,7H2,(H2,17,20)(H,18,19). The predicted molar refractivity (Wildman–Crippen MR) is 82.3 cm³/mol. The summed E-state index contributed by atoms with van der Waals surface area (Å²) in [6.45, 7) is 0. The first kappa shape index (κ1) is 12.3. The van der Waals surface area contributed by atoms with Crippen molar-refractivity contribution < 1.29 is 4.79 Å². The fourth-order valence-corrected chi connectivity index (χ4v) is 4.76. The van der Waals surface area contributed by atoms with Crippen LogP contribution in [0.25, 0.3) is 0 Å². The average Bonchev–Trinajstić information content (AvgIpc) is 2.89. The average molecular weight is 286 g/mol. The van der Waals surface area contributed by atoms with Crippen molar-refractivity contribution in [3.05, 3.63) is 29.8 Å². The van der Waals surface area contributed by atoms with Crippen molar-refractivity contribution in [1.29, 1.82) is 0 Å². The topological polar surface area (TPSA) is 55.1 Å². The molecule has 3 nitrogen and oxygen atoms in total. The van der Waals surface area contributed by atoms with E-state index in [0.29, 0.717) is 16.8 Å². The van der Waals surface area contributed by atoms with Crippen LogP contribution in [-0.2, 0) is 4.79 Å². The quantitative estimate of drug-likeness (QED) is 0.840. The van der Waals surface area contributed by atoms with Gasteiger partial charge in [0.05, 0.1) is 0 Å². The number of nitrogens with one attached hydrogen (secondary N) is 1. The Labute approximate surface area is 123 Å². The summed E-state index contributed by atoms with van der Waals surface area (Å²) in [5, 5.41) is 3.04. The van der Waals surface area contributed by atoms with Gasteiger partial charge in [0.2, 0.25) is 5.91 Å². The molecule has 4 atom stereocenters. The van der Waals surface area contributed by atoms with E-state index in [4.69, 9.17) is 18.0 Å². The summed E-state index contributed by atoms with van der Waals surface area (Å²) < 4.78 is 0. The van der Waals surface area contributed by atoms with Crippen molar-refractivity contribution in [2.24, 2.45) is 35.3 Å². The number of hydrogen-bond donors (Lipinski definition) is 2. The van der Waals surface area contributed by atoms with Crippen LogP contribution in [0.5, 0.6) is 0 Å². The van der Waals surface area contributed by atoms with Gasteiger partial charge < -0.3 is 11.1 Å². The van der Waals surface area contributed by atoms with Crippen molar-refractivity contribution in [2.45, 2.75) is 19.3 Å². The predicted octanol–water partition coefficient (Wildman–Crippen LogP) is 2.55. The molecule has 4 unspecified atom stereocenters. The van der Waals surface area contributed by atoms with E-state index in [2.05, 4.69) is 5.32 Å². The zero-order valence-electron chi connectivity index (χ0n) is 11.2. The summed E-state index contributed by atoms with van der Waals surface area (Å²) in [5.74, 6) is 3.51. The molecule has 1 amide bonds. The second-order valence-electron chi connectivity index (χ2n) is 6.44. The highest BCUT2D eigenvalue weighted by Crippen LogP contribution is 2.69. The molecule has 0 spiro atoms. The van der Waals surface area contributed by atoms with E-state index in [1.807, 2.05) is 24.3 Å². The first-order chi connectivity index (χ1) is 9.65. The number of fused-ring (bicyclic) bond motifs is 5. The minimum Gasteiger partial charge on any atom is -0.389 e. The molecule has 4 rings (SSSR count). The number of benzene rings is 1. The van der Waals surface area contributed by atoms with Gasteiger partial charge in [0, 0.05) is 17.2 Å². The second kappa shape index (κ2) is 4.29. The van der Waals surface area contributed by atoms with Crippen LogP contribution in [0.4, 0.5) is 5.69 Å². The van der Waals surface area contributed by atoms with Gasteiger partial charge in [-0.1, -0.05) is 12.2 Å². The van der Waals surface area contributed by atoms with Crippen LogP contribution in [0.15, 0.2) is 24.3 Å². The van der Waals surface area contributed by atoms with Crippen LogP contribution in [0.1, 0.15) is 24.8 Å². The lowest BCUT2D eigenvalue weighted by atomic mass is 10.0. The second-order valence-corrected chi connectivity index (χ2v) is 6.88. The molecular formula is C16H18N2OS. The molecule has 3 aliphatic rings. The lowest BCUT2D eigenvalue weighted by Crippen LogP contribution is -2.18. The summed E-state index contributed by atoms with van der Waals surface area (Å²) >= 11 is 4.92. The maximum absolute atomic E-state index is 12.4. The fourth-order valence-electron chi connectivity index (χ4n) is 4.62. The fraction of sp³-hybridized carbons (Fsp3) is 0.500. The monoisotopic (exact) mass is 286 g/mol. The number of carbonyl (C=O) groups excluding carboxylic acids is 1. The summed E-state index contributed by atoms with van der Waals surface area (Å²) in [6.07, 6.45) is 4.07. The van der Waals surface area contributed by atoms with Crippen molar-refractivity contribution in [3.8, 4) is 0 Å². The van der Waals surface area contributed by atoms with Gasteiger partial charge >= 0.3 is 0 Å². The lowest BCUT2D eigenvalue weighted by molar-refractivity contribution is -0.118. The van der Waals surface area contributed by atoms with Crippen LogP contribution in [0.3, 0.4) is 0 Å². The Morgan fingerprint density at radius 1 is 1.15 bits per heavy atom. The van der Waals surface area contributed by atoms with E-state index in [0.717, 1.165) is 23.1 Å². The highest BCUT2D eigenvalue weighted by atomic mass is 32.1. The molecule has 0 radical (unpaired) electrons. The molecule has 20 heavy (non-hydrogen) atoms. The number of anilines is 1. The van der Waals surface area contributed by atoms with Gasteiger partial charge in [-0.25, -0.2) is 0 Å². The molecule has 104 valence electrons. The summed E-state index contributed by atoms with van der Waals surface area (Å²) in [4.78, 5) is 12.7. The highest BCUT2D eigenvalue weighted by Gasteiger charge is 2.67. The zero-order valence-corrected chi connectivity index (χ0v) is 12.0. The third-order valence-electron chi connectivity index (χ3n) is 5.48. The first-order valence-corrected chi connectivity index (χ1v) is 7.76.